The molecule has 0 fully saturated rings. The van der Waals surface area contributed by atoms with Gasteiger partial charge in [0, 0.05) is 12.1 Å². The predicted octanol–water partition coefficient (Wildman–Crippen LogP) is 2.44. The van der Waals surface area contributed by atoms with E-state index in [2.05, 4.69) is 26.1 Å². The number of aromatic nitrogens is 2. The molecule has 10 heteroatoms. The van der Waals surface area contributed by atoms with Crippen molar-refractivity contribution in [3.05, 3.63) is 40.2 Å². The largest absolute Gasteiger partial charge is 0.454 e. The molecule has 0 saturated heterocycles. The zero-order valence-corrected chi connectivity index (χ0v) is 14.7. The first-order valence-corrected chi connectivity index (χ1v) is 7.98. The number of rotatable bonds is 6. The third-order valence-corrected chi connectivity index (χ3v) is 3.46. The van der Waals surface area contributed by atoms with Gasteiger partial charge in [-0.2, -0.15) is 0 Å². The van der Waals surface area contributed by atoms with E-state index in [-0.39, 0.29) is 29.7 Å². The number of hydrogen-bond donors (Lipinski definition) is 3. The molecule has 0 atom stereocenters. The highest BCUT2D eigenvalue weighted by molar-refractivity contribution is 5.69. The maximum absolute atomic E-state index is 11.5. The van der Waals surface area contributed by atoms with Crippen molar-refractivity contribution in [1.29, 1.82) is 0 Å². The Balaban J connectivity index is 1.77. The van der Waals surface area contributed by atoms with Gasteiger partial charge in [0.1, 0.15) is 6.33 Å². The molecule has 2 aromatic rings. The molecule has 2 heterocycles. The van der Waals surface area contributed by atoms with Crippen molar-refractivity contribution >= 4 is 17.3 Å². The molecule has 0 spiro atoms. The Kier molecular flexibility index (Phi) is 4.76. The minimum absolute atomic E-state index is 0.0908. The number of benzene rings is 1. The second-order valence-corrected chi connectivity index (χ2v) is 6.72. The van der Waals surface area contributed by atoms with Crippen LogP contribution in [0.3, 0.4) is 0 Å². The fourth-order valence-electron chi connectivity index (χ4n) is 2.26. The Hall–Kier alpha value is -3.14. The molecule has 138 valence electrons. The predicted molar refractivity (Wildman–Crippen MR) is 95.1 cm³/mol. The number of fused-ring (bicyclic) bond motifs is 1. The van der Waals surface area contributed by atoms with E-state index in [0.29, 0.717) is 18.0 Å². The fraction of sp³-hybridized carbons (Fsp3) is 0.375. The van der Waals surface area contributed by atoms with Gasteiger partial charge in [-0.25, -0.2) is 15.4 Å². The number of hydrazine groups is 1. The van der Waals surface area contributed by atoms with Crippen LogP contribution in [0.2, 0.25) is 0 Å². The molecule has 1 aromatic carbocycles. The molecular formula is C16H20N6O4. The van der Waals surface area contributed by atoms with Gasteiger partial charge in [0.2, 0.25) is 18.4 Å². The molecular weight excluding hydrogens is 340 g/mol. The fourth-order valence-corrected chi connectivity index (χ4v) is 2.26. The van der Waals surface area contributed by atoms with Crippen molar-refractivity contribution in [1.82, 2.24) is 15.4 Å². The van der Waals surface area contributed by atoms with E-state index < -0.39 is 4.92 Å². The lowest BCUT2D eigenvalue weighted by atomic mass is 10.1. The van der Waals surface area contributed by atoms with Gasteiger partial charge < -0.3 is 14.8 Å². The maximum atomic E-state index is 11.5. The highest BCUT2D eigenvalue weighted by atomic mass is 16.7. The molecule has 0 amide bonds. The summed E-state index contributed by atoms with van der Waals surface area (Å²) in [7, 11) is 0. The van der Waals surface area contributed by atoms with E-state index in [4.69, 9.17) is 9.47 Å². The molecule has 0 unspecified atom stereocenters. The van der Waals surface area contributed by atoms with Crippen LogP contribution in [0.15, 0.2) is 24.5 Å². The number of hydrogen-bond acceptors (Lipinski definition) is 9. The van der Waals surface area contributed by atoms with Crippen LogP contribution in [0.25, 0.3) is 0 Å². The quantitative estimate of drug-likeness (QED) is 0.526. The van der Waals surface area contributed by atoms with Crippen molar-refractivity contribution in [2.75, 3.05) is 17.5 Å². The smallest absolute Gasteiger partial charge is 0.354 e. The van der Waals surface area contributed by atoms with Gasteiger partial charge in [0.15, 0.2) is 11.5 Å². The number of anilines is 2. The van der Waals surface area contributed by atoms with Gasteiger partial charge in [-0.15, -0.1) is 0 Å². The number of nitrogens with zero attached hydrogens (tertiary/aromatic N) is 3. The van der Waals surface area contributed by atoms with E-state index in [0.717, 1.165) is 5.56 Å². The molecule has 10 nitrogen and oxygen atoms in total. The van der Waals surface area contributed by atoms with Crippen molar-refractivity contribution in [2.45, 2.75) is 32.9 Å². The van der Waals surface area contributed by atoms with Crippen molar-refractivity contribution in [2.24, 2.45) is 0 Å². The molecule has 3 N–H and O–H groups in total. The summed E-state index contributed by atoms with van der Waals surface area (Å²) in [5, 5.41) is 14.5. The highest BCUT2D eigenvalue weighted by Gasteiger charge is 2.24. The Bertz CT molecular complexity index is 821. The average molecular weight is 360 g/mol. The van der Waals surface area contributed by atoms with Crippen LogP contribution < -0.4 is 25.6 Å². The van der Waals surface area contributed by atoms with Crippen LogP contribution in [0.1, 0.15) is 26.3 Å². The van der Waals surface area contributed by atoms with Gasteiger partial charge in [-0.3, -0.25) is 15.5 Å². The minimum Gasteiger partial charge on any atom is -0.454 e. The van der Waals surface area contributed by atoms with E-state index in [1.54, 1.807) is 6.07 Å². The molecule has 1 aliphatic heterocycles. The second-order valence-electron chi connectivity index (χ2n) is 6.72. The first kappa shape index (κ1) is 17.7. The lowest BCUT2D eigenvalue weighted by molar-refractivity contribution is -0.383. The summed E-state index contributed by atoms with van der Waals surface area (Å²) in [4.78, 5) is 19.0. The Morgan fingerprint density at radius 2 is 1.92 bits per heavy atom. The summed E-state index contributed by atoms with van der Waals surface area (Å²) in [6.45, 7) is 6.30. The zero-order chi connectivity index (χ0) is 18.7. The van der Waals surface area contributed by atoms with Crippen molar-refractivity contribution < 1.29 is 14.4 Å². The molecule has 0 saturated carbocycles. The lowest BCUT2D eigenvalue weighted by Crippen LogP contribution is -2.40. The topological polar surface area (TPSA) is 123 Å². The standard InChI is InChI=1S/C16H20N6O4/c1-16(2,3)21-20-15-13(22(23)24)14(18-8-19-15)17-7-10-4-5-11-12(6-10)26-9-25-11/h4-6,8,21H,7,9H2,1-3H3,(H2,17,18,19,20). The van der Waals surface area contributed by atoms with E-state index in [9.17, 15) is 10.1 Å². The summed E-state index contributed by atoms with van der Waals surface area (Å²) in [5.74, 6) is 1.55. The number of ether oxygens (including phenoxy) is 2. The summed E-state index contributed by atoms with van der Waals surface area (Å²) in [6.07, 6.45) is 1.27. The van der Waals surface area contributed by atoms with Crippen molar-refractivity contribution in [3.8, 4) is 11.5 Å². The number of nitrogens with one attached hydrogen (secondary N) is 3. The molecule has 3 rings (SSSR count). The molecule has 1 aliphatic rings. The van der Waals surface area contributed by atoms with Crippen LogP contribution in [-0.2, 0) is 6.54 Å². The van der Waals surface area contributed by atoms with Crippen LogP contribution in [0.4, 0.5) is 17.3 Å². The summed E-state index contributed by atoms with van der Waals surface area (Å²) >= 11 is 0. The average Bonchev–Trinajstić information content (AvgIpc) is 3.05. The van der Waals surface area contributed by atoms with Crippen molar-refractivity contribution in [3.63, 3.8) is 0 Å². The third kappa shape index (κ3) is 4.09. The SMILES string of the molecule is CC(C)(C)NNc1ncnc(NCc2ccc3c(c2)OCO3)c1[N+](=O)[O-]. The Labute approximate surface area is 150 Å². The first-order valence-electron chi connectivity index (χ1n) is 7.98. The molecule has 0 radical (unpaired) electrons. The highest BCUT2D eigenvalue weighted by Crippen LogP contribution is 2.33. The monoisotopic (exact) mass is 360 g/mol. The van der Waals surface area contributed by atoms with Gasteiger partial charge >= 0.3 is 5.69 Å². The number of nitro groups is 1. The van der Waals surface area contributed by atoms with Gasteiger partial charge in [-0.1, -0.05) is 6.07 Å². The maximum Gasteiger partial charge on any atom is 0.354 e. The van der Waals surface area contributed by atoms with Gasteiger partial charge in [0.05, 0.1) is 4.92 Å². The Morgan fingerprint density at radius 1 is 1.19 bits per heavy atom. The molecule has 0 bridgehead atoms. The summed E-state index contributed by atoms with van der Waals surface area (Å²) in [6, 6.07) is 5.48. The van der Waals surface area contributed by atoms with Gasteiger partial charge in [-0.05, 0) is 38.5 Å². The molecule has 1 aromatic heterocycles. The minimum atomic E-state index is -0.519. The van der Waals surface area contributed by atoms with Crippen LogP contribution in [0.5, 0.6) is 11.5 Å². The zero-order valence-electron chi connectivity index (χ0n) is 14.7. The first-order chi connectivity index (χ1) is 12.3. The summed E-state index contributed by atoms with van der Waals surface area (Å²) < 4.78 is 10.6. The molecule has 26 heavy (non-hydrogen) atoms. The Morgan fingerprint density at radius 3 is 2.65 bits per heavy atom. The van der Waals surface area contributed by atoms with Crippen LogP contribution >= 0.6 is 0 Å². The van der Waals surface area contributed by atoms with Crippen LogP contribution in [-0.4, -0.2) is 27.2 Å². The van der Waals surface area contributed by atoms with E-state index >= 15 is 0 Å². The van der Waals surface area contributed by atoms with E-state index in [1.165, 1.54) is 6.33 Å². The third-order valence-electron chi connectivity index (χ3n) is 3.46. The normalized spacial score (nSPS) is 12.7. The van der Waals surface area contributed by atoms with E-state index in [1.807, 2.05) is 32.9 Å². The molecule has 0 aliphatic carbocycles. The summed E-state index contributed by atoms with van der Waals surface area (Å²) in [5.41, 5.74) is 6.10. The van der Waals surface area contributed by atoms with Crippen LogP contribution in [0, 0.1) is 10.1 Å². The lowest BCUT2D eigenvalue weighted by Gasteiger charge is -2.21. The second kappa shape index (κ2) is 7.00. The van der Waals surface area contributed by atoms with Gasteiger partial charge in [0.25, 0.3) is 0 Å².